The minimum Gasteiger partial charge on any atom is -0.469 e. The summed E-state index contributed by atoms with van der Waals surface area (Å²) < 4.78 is 7.37. The minimum atomic E-state index is 0.310. The Morgan fingerprint density at radius 3 is 3.22 bits per heavy atom. The summed E-state index contributed by atoms with van der Waals surface area (Å²) in [5, 5.41) is 7.90. The Kier molecular flexibility index (Phi) is 2.96. The maximum atomic E-state index is 5.52. The molecule has 2 heterocycles. The van der Waals surface area contributed by atoms with Gasteiger partial charge < -0.3 is 9.73 Å². The number of hydrogen-bond acceptors (Lipinski definition) is 3. The van der Waals surface area contributed by atoms with Crippen LogP contribution in [0.3, 0.4) is 0 Å². The molecule has 1 aliphatic carbocycles. The van der Waals surface area contributed by atoms with Crippen LogP contribution in [-0.2, 0) is 13.5 Å². The van der Waals surface area contributed by atoms with E-state index >= 15 is 0 Å². The third-order valence-corrected chi connectivity index (χ3v) is 3.73. The summed E-state index contributed by atoms with van der Waals surface area (Å²) in [7, 11) is 1.95. The summed E-state index contributed by atoms with van der Waals surface area (Å²) in [6.45, 7) is 2.19. The molecule has 2 unspecified atom stereocenters. The van der Waals surface area contributed by atoms with E-state index in [0.29, 0.717) is 12.1 Å². The van der Waals surface area contributed by atoms with Crippen molar-refractivity contribution >= 4 is 0 Å². The van der Waals surface area contributed by atoms with Crippen LogP contribution < -0.4 is 5.32 Å². The highest BCUT2D eigenvalue weighted by atomic mass is 16.3. The average molecular weight is 245 g/mol. The van der Waals surface area contributed by atoms with Gasteiger partial charge in [-0.1, -0.05) is 0 Å². The molecule has 2 aromatic heterocycles. The van der Waals surface area contributed by atoms with Gasteiger partial charge in [0.2, 0.25) is 0 Å². The van der Waals surface area contributed by atoms with Crippen molar-refractivity contribution in [2.24, 2.45) is 7.05 Å². The van der Waals surface area contributed by atoms with Gasteiger partial charge in [-0.15, -0.1) is 0 Å². The molecule has 0 saturated heterocycles. The number of fused-ring (bicyclic) bond motifs is 1. The highest BCUT2D eigenvalue weighted by molar-refractivity contribution is 5.24. The van der Waals surface area contributed by atoms with Gasteiger partial charge in [0.1, 0.15) is 5.76 Å². The molecule has 0 spiro atoms. The molecule has 3 rings (SSSR count). The van der Waals surface area contributed by atoms with Crippen molar-refractivity contribution in [1.29, 1.82) is 0 Å². The molecule has 2 aromatic rings. The van der Waals surface area contributed by atoms with Crippen LogP contribution in [0.25, 0.3) is 0 Å². The van der Waals surface area contributed by atoms with E-state index in [1.807, 2.05) is 17.9 Å². The van der Waals surface area contributed by atoms with Gasteiger partial charge in [0, 0.05) is 42.9 Å². The normalized spacial score (nSPS) is 20.7. The quantitative estimate of drug-likeness (QED) is 0.904. The fourth-order valence-electron chi connectivity index (χ4n) is 2.72. The molecular formula is C14H19N3O. The van der Waals surface area contributed by atoms with E-state index in [2.05, 4.69) is 29.6 Å². The summed E-state index contributed by atoms with van der Waals surface area (Å²) in [6.07, 6.45) is 9.24. The molecule has 96 valence electrons. The second-order valence-corrected chi connectivity index (χ2v) is 5.08. The number of aryl methyl sites for hydroxylation is 2. The summed E-state index contributed by atoms with van der Waals surface area (Å²) >= 11 is 0. The predicted octanol–water partition coefficient (Wildman–Crippen LogP) is 2.74. The van der Waals surface area contributed by atoms with Crippen molar-refractivity contribution in [3.8, 4) is 0 Å². The molecule has 18 heavy (non-hydrogen) atoms. The molecule has 4 nitrogen and oxygen atoms in total. The molecule has 0 aliphatic heterocycles. The number of furan rings is 1. The van der Waals surface area contributed by atoms with E-state index in [0.717, 1.165) is 12.2 Å². The van der Waals surface area contributed by atoms with Gasteiger partial charge in [-0.3, -0.25) is 4.68 Å². The van der Waals surface area contributed by atoms with E-state index < -0.39 is 0 Å². The predicted molar refractivity (Wildman–Crippen MR) is 69.1 cm³/mol. The molecular weight excluding hydrogens is 226 g/mol. The lowest BCUT2D eigenvalue weighted by molar-refractivity contribution is 0.385. The van der Waals surface area contributed by atoms with Crippen LogP contribution in [0.4, 0.5) is 0 Å². The second-order valence-electron chi connectivity index (χ2n) is 5.08. The zero-order valence-corrected chi connectivity index (χ0v) is 10.9. The monoisotopic (exact) mass is 245 g/mol. The van der Waals surface area contributed by atoms with Crippen molar-refractivity contribution in [3.05, 3.63) is 41.6 Å². The molecule has 0 aromatic carbocycles. The van der Waals surface area contributed by atoms with E-state index in [9.17, 15) is 0 Å². The Morgan fingerprint density at radius 2 is 2.44 bits per heavy atom. The standard InChI is InChI=1S/C14H19N3O/c1-10(11-8-15-17(2)9-11)16-13-4-3-5-14-12(13)6-7-18-14/h6-10,13,16H,3-5H2,1-2H3. The van der Waals surface area contributed by atoms with Gasteiger partial charge in [-0.05, 0) is 25.8 Å². The average Bonchev–Trinajstić information content (AvgIpc) is 2.97. The van der Waals surface area contributed by atoms with Crippen LogP contribution in [0, 0.1) is 0 Å². The van der Waals surface area contributed by atoms with Crippen LogP contribution in [-0.4, -0.2) is 9.78 Å². The van der Waals surface area contributed by atoms with Crippen LogP contribution in [0.2, 0.25) is 0 Å². The maximum Gasteiger partial charge on any atom is 0.108 e. The van der Waals surface area contributed by atoms with Gasteiger partial charge in [-0.25, -0.2) is 0 Å². The van der Waals surface area contributed by atoms with Gasteiger partial charge >= 0.3 is 0 Å². The molecule has 2 atom stereocenters. The first-order chi connectivity index (χ1) is 8.74. The minimum absolute atomic E-state index is 0.310. The van der Waals surface area contributed by atoms with E-state index in [1.165, 1.54) is 24.0 Å². The Balaban J connectivity index is 1.74. The second kappa shape index (κ2) is 4.61. The highest BCUT2D eigenvalue weighted by Crippen LogP contribution is 2.32. The zero-order valence-electron chi connectivity index (χ0n) is 10.9. The topological polar surface area (TPSA) is 43.0 Å². The molecule has 0 saturated carbocycles. The first kappa shape index (κ1) is 11.5. The lowest BCUT2D eigenvalue weighted by atomic mass is 9.92. The van der Waals surface area contributed by atoms with Crippen molar-refractivity contribution in [1.82, 2.24) is 15.1 Å². The van der Waals surface area contributed by atoms with E-state index in [1.54, 1.807) is 6.26 Å². The SMILES string of the molecule is CC(NC1CCCc2occc21)c1cnn(C)c1. The number of nitrogens with one attached hydrogen (secondary N) is 1. The largest absolute Gasteiger partial charge is 0.469 e. The number of rotatable bonds is 3. The van der Waals surface area contributed by atoms with Crippen LogP contribution in [0.5, 0.6) is 0 Å². The lowest BCUT2D eigenvalue weighted by Crippen LogP contribution is -2.27. The Labute approximate surface area is 107 Å². The summed E-state index contributed by atoms with van der Waals surface area (Å²) in [4.78, 5) is 0. The molecule has 4 heteroatoms. The van der Waals surface area contributed by atoms with Crippen molar-refractivity contribution in [3.63, 3.8) is 0 Å². The van der Waals surface area contributed by atoms with Crippen LogP contribution in [0.1, 0.15) is 48.7 Å². The third kappa shape index (κ3) is 2.08. The van der Waals surface area contributed by atoms with Crippen molar-refractivity contribution < 1.29 is 4.42 Å². The van der Waals surface area contributed by atoms with E-state index in [-0.39, 0.29) is 0 Å². The number of nitrogens with zero attached hydrogens (tertiary/aromatic N) is 2. The van der Waals surface area contributed by atoms with Crippen LogP contribution >= 0.6 is 0 Å². The Hall–Kier alpha value is -1.55. The first-order valence-corrected chi connectivity index (χ1v) is 6.55. The molecule has 0 bridgehead atoms. The third-order valence-electron chi connectivity index (χ3n) is 3.73. The highest BCUT2D eigenvalue weighted by Gasteiger charge is 2.24. The van der Waals surface area contributed by atoms with Crippen molar-refractivity contribution in [2.75, 3.05) is 0 Å². The molecule has 1 N–H and O–H groups in total. The van der Waals surface area contributed by atoms with E-state index in [4.69, 9.17) is 4.42 Å². The fraction of sp³-hybridized carbons (Fsp3) is 0.500. The molecule has 1 aliphatic rings. The van der Waals surface area contributed by atoms with Crippen LogP contribution in [0.15, 0.2) is 29.1 Å². The molecule has 0 radical (unpaired) electrons. The smallest absolute Gasteiger partial charge is 0.108 e. The molecule has 0 amide bonds. The summed E-state index contributed by atoms with van der Waals surface area (Å²) in [5.74, 6) is 1.15. The molecule has 0 fully saturated rings. The summed E-state index contributed by atoms with van der Waals surface area (Å²) in [5.41, 5.74) is 2.56. The van der Waals surface area contributed by atoms with Gasteiger partial charge in [-0.2, -0.15) is 5.10 Å². The Morgan fingerprint density at radius 1 is 1.56 bits per heavy atom. The van der Waals surface area contributed by atoms with Gasteiger partial charge in [0.15, 0.2) is 0 Å². The number of hydrogen-bond donors (Lipinski definition) is 1. The van der Waals surface area contributed by atoms with Crippen molar-refractivity contribution in [2.45, 2.75) is 38.3 Å². The first-order valence-electron chi connectivity index (χ1n) is 6.55. The lowest BCUT2D eigenvalue weighted by Gasteiger charge is -2.26. The number of aromatic nitrogens is 2. The van der Waals surface area contributed by atoms with Gasteiger partial charge in [0.25, 0.3) is 0 Å². The Bertz CT molecular complexity index is 529. The maximum absolute atomic E-state index is 5.52. The summed E-state index contributed by atoms with van der Waals surface area (Å²) in [6, 6.07) is 2.81. The fourth-order valence-corrected chi connectivity index (χ4v) is 2.72. The zero-order chi connectivity index (χ0) is 12.5. The van der Waals surface area contributed by atoms with Gasteiger partial charge in [0.05, 0.1) is 12.5 Å².